The van der Waals surface area contributed by atoms with E-state index in [1.165, 1.54) is 27.6 Å². The summed E-state index contributed by atoms with van der Waals surface area (Å²) in [6.45, 7) is 31.6. The lowest BCUT2D eigenvalue weighted by atomic mass is 9.59. The molecule has 0 spiro atoms. The zero-order valence-corrected chi connectivity index (χ0v) is 39.4. The second-order valence-electron chi connectivity index (χ2n) is 22.0. The Kier molecular flexibility index (Phi) is 10.4. The Morgan fingerprint density at radius 2 is 1.15 bits per heavy atom. The average molecular weight is 824 g/mol. The lowest BCUT2D eigenvalue weighted by Crippen LogP contribution is -2.58. The molecule has 8 rings (SSSR count). The van der Waals surface area contributed by atoms with Crippen LogP contribution in [-0.2, 0) is 21.0 Å². The largest absolute Gasteiger partial charge is 0.468 e. The Morgan fingerprint density at radius 3 is 1.73 bits per heavy atom. The van der Waals surface area contributed by atoms with Gasteiger partial charge in [-0.25, -0.2) is 9.98 Å². The van der Waals surface area contributed by atoms with Gasteiger partial charge in [0, 0.05) is 39.9 Å². The summed E-state index contributed by atoms with van der Waals surface area (Å²) in [6.07, 6.45) is 1.93. The fourth-order valence-corrected chi connectivity index (χ4v) is 9.28. The zero-order valence-electron chi connectivity index (χ0n) is 39.4. The van der Waals surface area contributed by atoms with Gasteiger partial charge in [-0.05, 0) is 113 Å². The minimum absolute atomic E-state index is 0.00490. The maximum atomic E-state index is 7.32. The number of pyridine rings is 1. The first-order valence-corrected chi connectivity index (χ1v) is 22.3. The molecule has 0 amide bonds. The fourth-order valence-electron chi connectivity index (χ4n) is 9.28. The van der Waals surface area contributed by atoms with Crippen molar-refractivity contribution in [3.63, 3.8) is 0 Å². The van der Waals surface area contributed by atoms with Crippen LogP contribution >= 0.6 is 0 Å². The number of nitrogens with zero attached hydrogens (tertiary/aromatic N) is 3. The van der Waals surface area contributed by atoms with Crippen molar-refractivity contribution in [1.82, 2.24) is 9.55 Å². The monoisotopic (exact) mass is 824 g/mol. The van der Waals surface area contributed by atoms with Crippen LogP contribution in [0.5, 0.6) is 11.5 Å². The predicted molar refractivity (Wildman–Crippen MR) is 260 cm³/mol. The summed E-state index contributed by atoms with van der Waals surface area (Å²) in [5.74, 6) is 2.93. The lowest BCUT2D eigenvalue weighted by Gasteiger charge is -2.50. The molecule has 0 unspecified atom stereocenters. The van der Waals surface area contributed by atoms with Crippen molar-refractivity contribution < 1.29 is 9.47 Å². The van der Waals surface area contributed by atoms with Crippen LogP contribution in [0, 0.1) is 5.41 Å². The van der Waals surface area contributed by atoms with Gasteiger partial charge in [0.25, 0.3) is 0 Å². The molecular weight excluding hydrogens is 759 g/mol. The van der Waals surface area contributed by atoms with E-state index in [0.717, 1.165) is 44.9 Å². The Morgan fingerprint density at radius 1 is 0.548 bits per heavy atom. The van der Waals surface area contributed by atoms with E-state index in [1.54, 1.807) is 0 Å². The van der Waals surface area contributed by atoms with Crippen LogP contribution in [-0.4, -0.2) is 26.6 Å². The van der Waals surface area contributed by atoms with Crippen molar-refractivity contribution >= 4 is 27.7 Å². The highest BCUT2D eigenvalue weighted by molar-refractivity contribution is 6.10. The minimum Gasteiger partial charge on any atom is -0.468 e. The topological polar surface area (TPSA) is 48.6 Å². The van der Waals surface area contributed by atoms with Crippen molar-refractivity contribution in [2.24, 2.45) is 10.4 Å². The predicted octanol–water partition coefficient (Wildman–Crippen LogP) is 15.0. The molecule has 1 aliphatic rings. The molecule has 3 heterocycles. The number of rotatable bonds is 7. The van der Waals surface area contributed by atoms with E-state index in [2.05, 4.69) is 229 Å². The van der Waals surface area contributed by atoms with Crippen molar-refractivity contribution in [1.29, 1.82) is 0 Å². The molecule has 0 fully saturated rings. The normalized spacial score (nSPS) is 18.7. The summed E-state index contributed by atoms with van der Waals surface area (Å²) in [4.78, 5) is 10.7. The third kappa shape index (κ3) is 7.62. The molecule has 2 atom stereocenters. The van der Waals surface area contributed by atoms with E-state index in [0.29, 0.717) is 5.90 Å². The Balaban J connectivity index is 1.28. The number of aromatic nitrogens is 2. The average Bonchev–Trinajstić information content (AvgIpc) is 3.68. The summed E-state index contributed by atoms with van der Waals surface area (Å²) >= 11 is 0. The SMILES string of the molecule is CC(C)(C)c1cc(Oc2ccc3c4cc(C(C)(C)C)ccc4n(-c4cc(C(C)(C)C)ccn4)c3c2)cc(C2=N[C@](C)(C(c3ccccc3)c3ccccc3)[C@@](C)(C(C)(C)C)O2)c1. The van der Waals surface area contributed by atoms with Gasteiger partial charge in [0.1, 0.15) is 28.5 Å². The van der Waals surface area contributed by atoms with Crippen molar-refractivity contribution in [2.75, 3.05) is 0 Å². The Hall–Kier alpha value is -5.68. The first-order chi connectivity index (χ1) is 29.0. The van der Waals surface area contributed by atoms with Crippen LogP contribution in [0.4, 0.5) is 0 Å². The number of hydrogen-bond donors (Lipinski definition) is 0. The maximum Gasteiger partial charge on any atom is 0.217 e. The van der Waals surface area contributed by atoms with Crippen LogP contribution < -0.4 is 4.74 Å². The number of hydrogen-bond acceptors (Lipinski definition) is 4. The standard InChI is InChI=1S/C57H65N3O2/c1-52(2,3)40-25-28-47-46(34-40)45-27-26-43(36-48(45)60(47)49-35-41(29-30-58-49)53(4,5)6)61-44-32-39(31-42(33-44)54(7,8)9)51-59-56(13,57(14,62-51)55(10,11)12)50(37-21-17-15-18-22-37)38-23-19-16-20-24-38/h15-36,50H,1-14H3/t56-,57-/m1/s1. The van der Waals surface area contributed by atoms with Gasteiger partial charge < -0.3 is 9.47 Å². The molecule has 5 heteroatoms. The van der Waals surface area contributed by atoms with E-state index in [4.69, 9.17) is 19.5 Å². The van der Waals surface area contributed by atoms with Gasteiger partial charge in [-0.3, -0.25) is 4.57 Å². The van der Waals surface area contributed by atoms with Gasteiger partial charge in [0.15, 0.2) is 0 Å². The molecule has 0 saturated carbocycles. The summed E-state index contributed by atoms with van der Waals surface area (Å²) in [5.41, 5.74) is 7.31. The molecule has 62 heavy (non-hydrogen) atoms. The maximum absolute atomic E-state index is 7.32. The molecule has 320 valence electrons. The lowest BCUT2D eigenvalue weighted by molar-refractivity contribution is -0.0653. The molecule has 0 radical (unpaired) electrons. The van der Waals surface area contributed by atoms with E-state index < -0.39 is 11.1 Å². The second-order valence-corrected chi connectivity index (χ2v) is 22.0. The van der Waals surface area contributed by atoms with E-state index in [-0.39, 0.29) is 27.6 Å². The number of aliphatic imine (C=N–C) groups is 1. The molecule has 0 bridgehead atoms. The third-order valence-electron chi connectivity index (χ3n) is 13.6. The molecule has 2 aromatic heterocycles. The van der Waals surface area contributed by atoms with Gasteiger partial charge in [-0.2, -0.15) is 0 Å². The van der Waals surface area contributed by atoms with Crippen LogP contribution in [0.1, 0.15) is 136 Å². The number of benzene rings is 5. The van der Waals surface area contributed by atoms with Gasteiger partial charge in [-0.15, -0.1) is 0 Å². The summed E-state index contributed by atoms with van der Waals surface area (Å²) in [7, 11) is 0. The molecule has 5 aromatic carbocycles. The fraction of sp³-hybridized carbons (Fsp3) is 0.368. The summed E-state index contributed by atoms with van der Waals surface area (Å²) in [5, 5.41) is 2.36. The van der Waals surface area contributed by atoms with E-state index in [1.807, 2.05) is 6.20 Å². The molecule has 0 aliphatic carbocycles. The molecular formula is C57H65N3O2. The molecule has 0 N–H and O–H groups in total. The van der Waals surface area contributed by atoms with Crippen molar-refractivity contribution in [3.8, 4) is 17.3 Å². The zero-order chi connectivity index (χ0) is 44.6. The molecule has 5 nitrogen and oxygen atoms in total. The quantitative estimate of drug-likeness (QED) is 0.161. The highest BCUT2D eigenvalue weighted by Crippen LogP contribution is 2.56. The smallest absolute Gasteiger partial charge is 0.217 e. The van der Waals surface area contributed by atoms with Crippen LogP contribution in [0.15, 0.2) is 139 Å². The van der Waals surface area contributed by atoms with Crippen molar-refractivity contribution in [3.05, 3.63) is 167 Å². The molecule has 0 saturated heterocycles. The number of ether oxygens (including phenoxy) is 2. The second kappa shape index (κ2) is 15.0. The summed E-state index contributed by atoms with van der Waals surface area (Å²) < 4.78 is 16.6. The van der Waals surface area contributed by atoms with Crippen molar-refractivity contribution in [2.45, 2.75) is 130 Å². The Bertz CT molecular complexity index is 2770. The van der Waals surface area contributed by atoms with Gasteiger partial charge in [-0.1, -0.05) is 150 Å². The van der Waals surface area contributed by atoms with Gasteiger partial charge in [0.05, 0.1) is 11.0 Å². The molecule has 1 aliphatic heterocycles. The highest BCUT2D eigenvalue weighted by atomic mass is 16.5. The van der Waals surface area contributed by atoms with Crippen LogP contribution in [0.25, 0.3) is 27.6 Å². The number of fused-ring (bicyclic) bond motifs is 3. The highest BCUT2D eigenvalue weighted by Gasteiger charge is 2.62. The van der Waals surface area contributed by atoms with Gasteiger partial charge >= 0.3 is 0 Å². The summed E-state index contributed by atoms with van der Waals surface area (Å²) in [6, 6.07) is 45.8. The van der Waals surface area contributed by atoms with Crippen LogP contribution in [0.2, 0.25) is 0 Å². The first-order valence-electron chi connectivity index (χ1n) is 22.3. The van der Waals surface area contributed by atoms with Crippen LogP contribution in [0.3, 0.4) is 0 Å². The van der Waals surface area contributed by atoms with Gasteiger partial charge in [0.2, 0.25) is 5.90 Å². The molecule has 7 aromatic rings. The first kappa shape index (κ1) is 43.0. The Labute approximate surface area is 370 Å². The minimum atomic E-state index is -0.686. The van der Waals surface area contributed by atoms with E-state index >= 15 is 0 Å². The van der Waals surface area contributed by atoms with E-state index in [9.17, 15) is 0 Å². The third-order valence-corrected chi connectivity index (χ3v) is 13.6.